The standard InChI is InChI=1S/C27H19N3O6/c31-25-19(11-17-5-3-7-21(13-17)29(33)34)15-27(23-9-1-2-10-24(23)28-26(27)32)16-20(25)12-18-6-4-8-22(14-18)30(35)36/h1-14H,15-16H2,(H,28,32)/b19-11+,20-12+. The summed E-state index contributed by atoms with van der Waals surface area (Å²) in [5, 5.41) is 25.4. The molecule has 1 aliphatic heterocycles. The first kappa shape index (κ1) is 22.9. The van der Waals surface area contributed by atoms with Gasteiger partial charge in [-0.1, -0.05) is 42.5 Å². The molecule has 0 unspecified atom stereocenters. The van der Waals surface area contributed by atoms with Crippen LogP contribution < -0.4 is 5.32 Å². The fourth-order valence-electron chi connectivity index (χ4n) is 4.90. The van der Waals surface area contributed by atoms with Gasteiger partial charge in [-0.05, 0) is 47.8 Å². The molecule has 3 aromatic rings. The van der Waals surface area contributed by atoms with Crippen LogP contribution in [-0.2, 0) is 15.0 Å². The summed E-state index contributed by atoms with van der Waals surface area (Å²) in [6, 6.07) is 19.1. The molecule has 178 valence electrons. The highest BCUT2D eigenvalue weighted by molar-refractivity contribution is 6.18. The molecule has 3 aromatic carbocycles. The van der Waals surface area contributed by atoms with Crippen LogP contribution in [0.15, 0.2) is 83.9 Å². The Kier molecular flexibility index (Phi) is 5.52. The molecule has 36 heavy (non-hydrogen) atoms. The van der Waals surface area contributed by atoms with E-state index in [1.165, 1.54) is 36.4 Å². The number of para-hydroxylation sites is 1. The Hall–Kier alpha value is -4.92. The van der Waals surface area contributed by atoms with Crippen LogP contribution in [0.25, 0.3) is 12.2 Å². The van der Waals surface area contributed by atoms with Gasteiger partial charge in [-0.25, -0.2) is 0 Å². The Morgan fingerprint density at radius 1 is 0.750 bits per heavy atom. The minimum absolute atomic E-state index is 0.112. The molecule has 5 rings (SSSR count). The van der Waals surface area contributed by atoms with Gasteiger partial charge in [0.2, 0.25) is 5.91 Å². The highest BCUT2D eigenvalue weighted by Crippen LogP contribution is 2.50. The highest BCUT2D eigenvalue weighted by Gasteiger charge is 2.51. The number of amides is 1. The van der Waals surface area contributed by atoms with E-state index in [0.29, 0.717) is 28.0 Å². The zero-order chi connectivity index (χ0) is 25.4. The molecule has 1 aliphatic carbocycles. The van der Waals surface area contributed by atoms with Crippen molar-refractivity contribution in [1.82, 2.24) is 0 Å². The molecule has 9 nitrogen and oxygen atoms in total. The second-order valence-electron chi connectivity index (χ2n) is 8.81. The Morgan fingerprint density at radius 3 is 1.81 bits per heavy atom. The van der Waals surface area contributed by atoms with Crippen LogP contribution in [0, 0.1) is 20.2 Å². The molecule has 0 saturated heterocycles. The van der Waals surface area contributed by atoms with Gasteiger partial charge in [-0.15, -0.1) is 0 Å². The first-order chi connectivity index (χ1) is 17.3. The molecular formula is C27H19N3O6. The van der Waals surface area contributed by atoms with Crippen LogP contribution in [0.2, 0.25) is 0 Å². The topological polar surface area (TPSA) is 132 Å². The lowest BCUT2D eigenvalue weighted by molar-refractivity contribution is -0.385. The minimum Gasteiger partial charge on any atom is -0.325 e. The van der Waals surface area contributed by atoms with E-state index in [4.69, 9.17) is 0 Å². The quantitative estimate of drug-likeness (QED) is 0.308. The van der Waals surface area contributed by atoms with E-state index in [1.54, 1.807) is 30.4 Å². The number of carbonyl (C=O) groups excluding carboxylic acids is 2. The molecule has 0 atom stereocenters. The number of hydrogen-bond acceptors (Lipinski definition) is 6. The van der Waals surface area contributed by atoms with Gasteiger partial charge in [-0.3, -0.25) is 29.8 Å². The number of rotatable bonds is 4. The van der Waals surface area contributed by atoms with Gasteiger partial charge in [0, 0.05) is 41.1 Å². The number of anilines is 1. The van der Waals surface area contributed by atoms with E-state index >= 15 is 0 Å². The summed E-state index contributed by atoms with van der Waals surface area (Å²) in [5.74, 6) is -0.554. The number of nitro groups is 2. The Balaban J connectivity index is 1.66. The third kappa shape index (κ3) is 3.96. The van der Waals surface area contributed by atoms with Crippen molar-refractivity contribution in [2.75, 3.05) is 5.32 Å². The molecule has 0 aromatic heterocycles. The van der Waals surface area contributed by atoms with Crippen LogP contribution >= 0.6 is 0 Å². The monoisotopic (exact) mass is 481 g/mol. The van der Waals surface area contributed by atoms with Crippen LogP contribution in [0.1, 0.15) is 29.5 Å². The van der Waals surface area contributed by atoms with Crippen LogP contribution in [-0.4, -0.2) is 21.5 Å². The molecule has 9 heteroatoms. The average molecular weight is 481 g/mol. The minimum atomic E-state index is -1.05. The van der Waals surface area contributed by atoms with Gasteiger partial charge in [-0.2, -0.15) is 0 Å². The molecule has 1 N–H and O–H groups in total. The number of benzene rings is 3. The molecule has 0 radical (unpaired) electrons. The average Bonchev–Trinajstić information content (AvgIpc) is 3.13. The maximum absolute atomic E-state index is 13.6. The van der Waals surface area contributed by atoms with E-state index < -0.39 is 15.3 Å². The van der Waals surface area contributed by atoms with Crippen molar-refractivity contribution >= 4 is 40.9 Å². The van der Waals surface area contributed by atoms with E-state index in [1.807, 2.05) is 18.2 Å². The molecule has 1 fully saturated rings. The fraction of sp³-hybridized carbons (Fsp3) is 0.111. The number of nitrogens with zero attached hydrogens (tertiary/aromatic N) is 2. The predicted octanol–water partition coefficient (Wildman–Crippen LogP) is 5.22. The van der Waals surface area contributed by atoms with Gasteiger partial charge in [0.05, 0.1) is 15.3 Å². The van der Waals surface area contributed by atoms with E-state index in [0.717, 1.165) is 5.56 Å². The molecular weight excluding hydrogens is 462 g/mol. The summed E-state index contributed by atoms with van der Waals surface area (Å²) >= 11 is 0. The molecule has 0 bridgehead atoms. The lowest BCUT2D eigenvalue weighted by Gasteiger charge is -2.34. The number of Topliss-reactive ketones (excluding diaryl/α,β-unsaturated/α-hetero) is 1. The lowest BCUT2D eigenvalue weighted by Crippen LogP contribution is -2.40. The molecule has 1 spiro atoms. The summed E-state index contributed by atoms with van der Waals surface area (Å²) in [4.78, 5) is 48.4. The number of hydrogen-bond donors (Lipinski definition) is 1. The normalized spacial score (nSPS) is 21.0. The second-order valence-corrected chi connectivity index (χ2v) is 8.81. The van der Waals surface area contributed by atoms with Gasteiger partial charge in [0.25, 0.3) is 11.4 Å². The summed E-state index contributed by atoms with van der Waals surface area (Å²) in [6.07, 6.45) is 3.38. The van der Waals surface area contributed by atoms with Gasteiger partial charge < -0.3 is 5.32 Å². The number of allylic oxidation sites excluding steroid dienone is 2. The molecule has 1 amide bonds. The molecule has 2 aliphatic rings. The van der Waals surface area contributed by atoms with Crippen molar-refractivity contribution in [3.8, 4) is 0 Å². The molecule has 1 saturated carbocycles. The number of fused-ring (bicyclic) bond motifs is 2. The zero-order valence-electron chi connectivity index (χ0n) is 18.8. The SMILES string of the molecule is O=C1/C(=C/c2cccc([N+](=O)[O-])c2)CC2(C/C1=C\c1cccc([N+](=O)[O-])c1)C(=O)Nc1ccccc12. The Bertz CT molecular complexity index is 1440. The lowest BCUT2D eigenvalue weighted by atomic mass is 9.65. The number of carbonyl (C=O) groups is 2. The largest absolute Gasteiger partial charge is 0.325 e. The number of ketones is 1. The number of nitro benzene ring substituents is 2. The van der Waals surface area contributed by atoms with E-state index in [-0.39, 0.29) is 35.9 Å². The van der Waals surface area contributed by atoms with Crippen molar-refractivity contribution in [2.45, 2.75) is 18.3 Å². The van der Waals surface area contributed by atoms with Gasteiger partial charge in [0.1, 0.15) is 0 Å². The van der Waals surface area contributed by atoms with Crippen LogP contribution in [0.4, 0.5) is 17.1 Å². The summed E-state index contributed by atoms with van der Waals surface area (Å²) in [7, 11) is 0. The summed E-state index contributed by atoms with van der Waals surface area (Å²) < 4.78 is 0. The van der Waals surface area contributed by atoms with Crippen LogP contribution in [0.3, 0.4) is 0 Å². The van der Waals surface area contributed by atoms with E-state index in [2.05, 4.69) is 5.32 Å². The van der Waals surface area contributed by atoms with Crippen molar-refractivity contribution in [2.24, 2.45) is 0 Å². The van der Waals surface area contributed by atoms with Crippen molar-refractivity contribution < 1.29 is 19.4 Å². The summed E-state index contributed by atoms with van der Waals surface area (Å²) in [5.41, 5.74) is 1.73. The first-order valence-electron chi connectivity index (χ1n) is 11.1. The van der Waals surface area contributed by atoms with Crippen molar-refractivity contribution in [3.05, 3.63) is 121 Å². The summed E-state index contributed by atoms with van der Waals surface area (Å²) in [6.45, 7) is 0. The molecule has 1 heterocycles. The number of nitrogens with one attached hydrogen (secondary N) is 1. The van der Waals surface area contributed by atoms with Crippen molar-refractivity contribution in [3.63, 3.8) is 0 Å². The highest BCUT2D eigenvalue weighted by atomic mass is 16.6. The third-order valence-electron chi connectivity index (χ3n) is 6.54. The van der Waals surface area contributed by atoms with Crippen molar-refractivity contribution in [1.29, 1.82) is 0 Å². The smallest absolute Gasteiger partial charge is 0.270 e. The number of non-ortho nitro benzene ring substituents is 2. The first-order valence-corrected chi connectivity index (χ1v) is 11.1. The van der Waals surface area contributed by atoms with Gasteiger partial charge >= 0.3 is 0 Å². The van der Waals surface area contributed by atoms with E-state index in [9.17, 15) is 29.8 Å². The van der Waals surface area contributed by atoms with Crippen LogP contribution in [0.5, 0.6) is 0 Å². The zero-order valence-corrected chi connectivity index (χ0v) is 18.8. The third-order valence-corrected chi connectivity index (χ3v) is 6.54. The maximum Gasteiger partial charge on any atom is 0.270 e. The Morgan fingerprint density at radius 2 is 1.28 bits per heavy atom. The Labute approximate surface area is 205 Å². The van der Waals surface area contributed by atoms with Gasteiger partial charge in [0.15, 0.2) is 5.78 Å². The maximum atomic E-state index is 13.6. The second kappa shape index (κ2) is 8.70. The fourth-order valence-corrected chi connectivity index (χ4v) is 4.90. The predicted molar refractivity (Wildman–Crippen MR) is 133 cm³/mol.